The smallest absolute Gasteiger partial charge is 0.203 e. The second-order valence-corrected chi connectivity index (χ2v) is 6.68. The van der Waals surface area contributed by atoms with Crippen LogP contribution in [-0.2, 0) is 5.41 Å². The van der Waals surface area contributed by atoms with Gasteiger partial charge in [-0.1, -0.05) is 20.8 Å². The summed E-state index contributed by atoms with van der Waals surface area (Å²) in [4.78, 5) is 4.50. The van der Waals surface area contributed by atoms with Crippen molar-refractivity contribution in [3.05, 3.63) is 34.8 Å². The monoisotopic (exact) mass is 319 g/mol. The SMILES string of the molecule is CCOc1cc(C=NNc2nc(C(C)(C)C)cs2)ccc1O. The highest BCUT2D eigenvalue weighted by atomic mass is 32.1. The third-order valence-electron chi connectivity index (χ3n) is 2.93. The van der Waals surface area contributed by atoms with Crippen LogP contribution in [0.4, 0.5) is 5.13 Å². The van der Waals surface area contributed by atoms with Gasteiger partial charge < -0.3 is 9.84 Å². The molecule has 0 amide bonds. The lowest BCUT2D eigenvalue weighted by atomic mass is 9.93. The van der Waals surface area contributed by atoms with E-state index in [1.54, 1.807) is 24.4 Å². The van der Waals surface area contributed by atoms with Crippen molar-refractivity contribution in [2.24, 2.45) is 5.10 Å². The number of phenolic OH excluding ortho intramolecular Hbond substituents is 1. The molecule has 0 saturated heterocycles. The fourth-order valence-corrected chi connectivity index (χ4v) is 2.60. The number of aromatic nitrogens is 1. The molecule has 0 aliphatic carbocycles. The zero-order valence-electron chi connectivity index (χ0n) is 13.3. The molecule has 6 heteroatoms. The summed E-state index contributed by atoms with van der Waals surface area (Å²) in [6.45, 7) is 8.75. The van der Waals surface area contributed by atoms with Gasteiger partial charge in [-0.15, -0.1) is 11.3 Å². The maximum atomic E-state index is 9.66. The molecule has 0 saturated carbocycles. The standard InChI is InChI=1S/C16H21N3O2S/c1-5-21-13-8-11(6-7-12(13)20)9-17-19-15-18-14(10-22-15)16(2,3)4/h6-10,20H,5H2,1-4H3,(H,18,19). The molecule has 118 valence electrons. The summed E-state index contributed by atoms with van der Waals surface area (Å²) in [6.07, 6.45) is 1.67. The molecule has 1 heterocycles. The largest absolute Gasteiger partial charge is 0.504 e. The van der Waals surface area contributed by atoms with Crippen LogP contribution in [0.1, 0.15) is 39.0 Å². The highest BCUT2D eigenvalue weighted by Crippen LogP contribution is 2.27. The van der Waals surface area contributed by atoms with Crippen LogP contribution < -0.4 is 10.2 Å². The lowest BCUT2D eigenvalue weighted by molar-refractivity contribution is 0.318. The van der Waals surface area contributed by atoms with Crippen molar-refractivity contribution in [1.82, 2.24) is 4.98 Å². The van der Waals surface area contributed by atoms with Crippen LogP contribution in [0.3, 0.4) is 0 Å². The first-order chi connectivity index (χ1) is 10.4. The molecule has 22 heavy (non-hydrogen) atoms. The van der Waals surface area contributed by atoms with E-state index in [2.05, 4.69) is 36.3 Å². The number of benzene rings is 1. The van der Waals surface area contributed by atoms with Gasteiger partial charge in [-0.25, -0.2) is 4.98 Å². The Hall–Kier alpha value is -2.08. The zero-order chi connectivity index (χ0) is 16.2. The molecule has 5 nitrogen and oxygen atoms in total. The van der Waals surface area contributed by atoms with Gasteiger partial charge in [0.15, 0.2) is 11.5 Å². The summed E-state index contributed by atoms with van der Waals surface area (Å²) in [5.74, 6) is 0.581. The van der Waals surface area contributed by atoms with Gasteiger partial charge in [0, 0.05) is 10.8 Å². The number of anilines is 1. The third-order valence-corrected chi connectivity index (χ3v) is 3.68. The van der Waals surface area contributed by atoms with E-state index in [1.807, 2.05) is 12.3 Å². The summed E-state index contributed by atoms with van der Waals surface area (Å²) >= 11 is 1.52. The number of ether oxygens (including phenoxy) is 1. The van der Waals surface area contributed by atoms with Crippen LogP contribution in [0.5, 0.6) is 11.5 Å². The van der Waals surface area contributed by atoms with Crippen molar-refractivity contribution in [1.29, 1.82) is 0 Å². The Bertz CT molecular complexity index is 660. The van der Waals surface area contributed by atoms with Gasteiger partial charge in [-0.2, -0.15) is 5.10 Å². The summed E-state index contributed by atoms with van der Waals surface area (Å²) in [5, 5.41) is 16.6. The summed E-state index contributed by atoms with van der Waals surface area (Å²) in [5.41, 5.74) is 4.83. The van der Waals surface area contributed by atoms with Crippen LogP contribution in [0.25, 0.3) is 0 Å². The molecule has 2 aromatic rings. The Kier molecular flexibility index (Phi) is 5.03. The lowest BCUT2D eigenvalue weighted by Gasteiger charge is -2.13. The van der Waals surface area contributed by atoms with E-state index in [0.717, 1.165) is 16.4 Å². The van der Waals surface area contributed by atoms with Gasteiger partial charge >= 0.3 is 0 Å². The van der Waals surface area contributed by atoms with Crippen LogP contribution in [0.2, 0.25) is 0 Å². The minimum atomic E-state index is 0.0312. The van der Waals surface area contributed by atoms with E-state index in [9.17, 15) is 5.11 Å². The fourth-order valence-electron chi connectivity index (χ4n) is 1.71. The fraction of sp³-hybridized carbons (Fsp3) is 0.375. The van der Waals surface area contributed by atoms with E-state index in [0.29, 0.717) is 12.4 Å². The number of phenols is 1. The molecular weight excluding hydrogens is 298 g/mol. The highest BCUT2D eigenvalue weighted by molar-refractivity contribution is 7.13. The minimum absolute atomic E-state index is 0.0312. The second-order valence-electron chi connectivity index (χ2n) is 5.82. The molecule has 1 aromatic heterocycles. The van der Waals surface area contributed by atoms with Crippen LogP contribution >= 0.6 is 11.3 Å². The number of hydrazone groups is 1. The normalized spacial score (nSPS) is 11.8. The molecule has 1 aromatic carbocycles. The highest BCUT2D eigenvalue weighted by Gasteiger charge is 2.17. The summed E-state index contributed by atoms with van der Waals surface area (Å²) in [7, 11) is 0. The predicted molar refractivity (Wildman–Crippen MR) is 91.3 cm³/mol. The molecule has 0 spiro atoms. The number of rotatable bonds is 5. The molecule has 0 bridgehead atoms. The van der Waals surface area contributed by atoms with E-state index in [4.69, 9.17) is 4.74 Å². The number of hydrogen-bond donors (Lipinski definition) is 2. The van der Waals surface area contributed by atoms with Crippen LogP contribution in [0.15, 0.2) is 28.7 Å². The predicted octanol–water partition coefficient (Wildman–Crippen LogP) is 3.99. The van der Waals surface area contributed by atoms with Gasteiger partial charge in [-0.3, -0.25) is 5.43 Å². The van der Waals surface area contributed by atoms with E-state index >= 15 is 0 Å². The molecule has 0 aliphatic heterocycles. The number of aromatic hydroxyl groups is 1. The maximum absolute atomic E-state index is 9.66. The first kappa shape index (κ1) is 16.3. The number of nitrogens with one attached hydrogen (secondary N) is 1. The van der Waals surface area contributed by atoms with Gasteiger partial charge in [0.05, 0.1) is 18.5 Å². The van der Waals surface area contributed by atoms with Crippen molar-refractivity contribution in [2.75, 3.05) is 12.0 Å². The molecule has 0 fully saturated rings. The third kappa shape index (κ3) is 4.21. The van der Waals surface area contributed by atoms with E-state index in [1.165, 1.54) is 11.3 Å². The van der Waals surface area contributed by atoms with E-state index < -0.39 is 0 Å². The quantitative estimate of drug-likeness (QED) is 0.646. The molecule has 2 rings (SSSR count). The Morgan fingerprint density at radius 3 is 2.82 bits per heavy atom. The van der Waals surface area contributed by atoms with Crippen molar-refractivity contribution < 1.29 is 9.84 Å². The zero-order valence-corrected chi connectivity index (χ0v) is 14.1. The molecular formula is C16H21N3O2S. The van der Waals surface area contributed by atoms with E-state index in [-0.39, 0.29) is 11.2 Å². The van der Waals surface area contributed by atoms with Crippen LogP contribution in [-0.4, -0.2) is 22.9 Å². The molecule has 2 N–H and O–H groups in total. The maximum Gasteiger partial charge on any atom is 0.203 e. The number of thiazole rings is 1. The minimum Gasteiger partial charge on any atom is -0.504 e. The first-order valence-electron chi connectivity index (χ1n) is 7.11. The molecule has 0 atom stereocenters. The second kappa shape index (κ2) is 6.79. The average molecular weight is 319 g/mol. The Morgan fingerprint density at radius 2 is 2.18 bits per heavy atom. The lowest BCUT2D eigenvalue weighted by Crippen LogP contribution is -2.11. The van der Waals surface area contributed by atoms with Gasteiger partial charge in [-0.05, 0) is 30.7 Å². The number of hydrogen-bond acceptors (Lipinski definition) is 6. The summed E-state index contributed by atoms with van der Waals surface area (Å²) in [6, 6.07) is 5.10. The average Bonchev–Trinajstić information content (AvgIpc) is 2.91. The van der Waals surface area contributed by atoms with Crippen molar-refractivity contribution >= 4 is 22.7 Å². The van der Waals surface area contributed by atoms with Gasteiger partial charge in [0.2, 0.25) is 5.13 Å². The molecule has 0 radical (unpaired) electrons. The Balaban J connectivity index is 2.03. The van der Waals surface area contributed by atoms with Crippen molar-refractivity contribution in [2.45, 2.75) is 33.1 Å². The Labute approximate surface area is 134 Å². The van der Waals surface area contributed by atoms with Crippen LogP contribution in [0, 0.1) is 0 Å². The molecule has 0 unspecified atom stereocenters. The van der Waals surface area contributed by atoms with Crippen molar-refractivity contribution in [3.8, 4) is 11.5 Å². The topological polar surface area (TPSA) is 66.7 Å². The Morgan fingerprint density at radius 1 is 1.41 bits per heavy atom. The van der Waals surface area contributed by atoms with Gasteiger partial charge in [0.25, 0.3) is 0 Å². The number of nitrogens with zero attached hydrogens (tertiary/aromatic N) is 2. The summed E-state index contributed by atoms with van der Waals surface area (Å²) < 4.78 is 5.34. The molecule has 0 aliphatic rings. The van der Waals surface area contributed by atoms with Gasteiger partial charge in [0.1, 0.15) is 0 Å². The van der Waals surface area contributed by atoms with Crippen molar-refractivity contribution in [3.63, 3.8) is 0 Å². The first-order valence-corrected chi connectivity index (χ1v) is 7.99.